The zero-order valence-corrected chi connectivity index (χ0v) is 9.47. The average Bonchev–Trinajstić information content (AvgIpc) is 1.97. The Morgan fingerprint density at radius 2 is 2.00 bits per heavy atom. The summed E-state index contributed by atoms with van der Waals surface area (Å²) < 4.78 is 0. The van der Waals surface area contributed by atoms with Crippen molar-refractivity contribution < 1.29 is 4.79 Å². The lowest BCUT2D eigenvalue weighted by molar-refractivity contribution is -0.127. The molecule has 0 aliphatic carbocycles. The van der Waals surface area contributed by atoms with E-state index in [1.807, 2.05) is 0 Å². The number of carbonyl (C=O) groups is 1. The maximum absolute atomic E-state index is 11.5. The minimum atomic E-state index is 0.219. The van der Waals surface area contributed by atoms with Gasteiger partial charge >= 0.3 is 0 Å². The van der Waals surface area contributed by atoms with Crippen molar-refractivity contribution in [2.75, 3.05) is 13.1 Å². The summed E-state index contributed by atoms with van der Waals surface area (Å²) in [6.45, 7) is 8.21. The van der Waals surface area contributed by atoms with Crippen molar-refractivity contribution in [3.05, 3.63) is 0 Å². The van der Waals surface area contributed by atoms with Gasteiger partial charge in [-0.25, -0.2) is 0 Å². The second-order valence-electron chi connectivity index (χ2n) is 4.74. The molecule has 0 saturated carbocycles. The van der Waals surface area contributed by atoms with Crippen LogP contribution >= 0.6 is 0 Å². The van der Waals surface area contributed by atoms with Crippen LogP contribution in [0.2, 0.25) is 0 Å². The zero-order chi connectivity index (χ0) is 10.6. The second-order valence-corrected chi connectivity index (χ2v) is 4.74. The van der Waals surface area contributed by atoms with E-state index in [1.54, 1.807) is 0 Å². The molecule has 0 spiro atoms. The third kappa shape index (κ3) is 3.66. The van der Waals surface area contributed by atoms with Gasteiger partial charge in [0.25, 0.3) is 0 Å². The van der Waals surface area contributed by atoms with E-state index < -0.39 is 0 Å². The molecule has 3 heteroatoms. The highest BCUT2D eigenvalue weighted by Gasteiger charge is 2.25. The fourth-order valence-corrected chi connectivity index (χ4v) is 1.49. The molecule has 14 heavy (non-hydrogen) atoms. The number of hydrogen-bond donors (Lipinski definition) is 2. The molecule has 2 N–H and O–H groups in total. The molecule has 1 aliphatic rings. The van der Waals surface area contributed by atoms with E-state index in [2.05, 4.69) is 31.4 Å². The Labute approximate surface area is 86.6 Å². The van der Waals surface area contributed by atoms with Crippen LogP contribution in [0.1, 0.15) is 33.6 Å². The summed E-state index contributed by atoms with van der Waals surface area (Å²) in [5.41, 5.74) is 0. The van der Waals surface area contributed by atoms with Crippen LogP contribution in [-0.2, 0) is 4.79 Å². The maximum Gasteiger partial charge on any atom is 0.225 e. The highest BCUT2D eigenvalue weighted by molar-refractivity contribution is 5.80. The minimum absolute atomic E-state index is 0.219. The van der Waals surface area contributed by atoms with Crippen molar-refractivity contribution in [1.82, 2.24) is 10.6 Å². The van der Waals surface area contributed by atoms with Gasteiger partial charge in [-0.3, -0.25) is 4.79 Å². The first kappa shape index (κ1) is 11.5. The van der Waals surface area contributed by atoms with Gasteiger partial charge in [-0.05, 0) is 25.7 Å². The summed E-state index contributed by atoms with van der Waals surface area (Å²) in [6, 6.07) is 0.325. The van der Waals surface area contributed by atoms with Gasteiger partial charge in [-0.1, -0.05) is 13.8 Å². The van der Waals surface area contributed by atoms with Crippen LogP contribution in [0.4, 0.5) is 0 Å². The standard InChI is InChI=1S/C11H22N2O/c1-8(2)4-5-9(3)13-11(14)10-6-12-7-10/h8-10,12H,4-7H2,1-3H3,(H,13,14). The van der Waals surface area contributed by atoms with Crippen molar-refractivity contribution in [2.24, 2.45) is 11.8 Å². The van der Waals surface area contributed by atoms with Crippen LogP contribution in [0.3, 0.4) is 0 Å². The first-order valence-corrected chi connectivity index (χ1v) is 5.60. The number of rotatable bonds is 5. The van der Waals surface area contributed by atoms with Gasteiger partial charge < -0.3 is 10.6 Å². The summed E-state index contributed by atoms with van der Waals surface area (Å²) in [7, 11) is 0. The lowest BCUT2D eigenvalue weighted by Crippen LogP contribution is -2.52. The van der Waals surface area contributed by atoms with Gasteiger partial charge in [0.15, 0.2) is 0 Å². The second kappa shape index (κ2) is 5.35. The maximum atomic E-state index is 11.5. The average molecular weight is 198 g/mol. The number of amides is 1. The highest BCUT2D eigenvalue weighted by atomic mass is 16.2. The molecule has 82 valence electrons. The van der Waals surface area contributed by atoms with Gasteiger partial charge in [0.2, 0.25) is 5.91 Å². The van der Waals surface area contributed by atoms with E-state index in [-0.39, 0.29) is 11.8 Å². The van der Waals surface area contributed by atoms with Crippen molar-refractivity contribution in [3.63, 3.8) is 0 Å². The smallest absolute Gasteiger partial charge is 0.225 e. The van der Waals surface area contributed by atoms with Crippen LogP contribution in [0.5, 0.6) is 0 Å². The monoisotopic (exact) mass is 198 g/mol. The third-order valence-electron chi connectivity index (χ3n) is 2.72. The van der Waals surface area contributed by atoms with Crippen molar-refractivity contribution >= 4 is 5.91 Å². The summed E-state index contributed by atoms with van der Waals surface area (Å²) in [6.07, 6.45) is 2.27. The van der Waals surface area contributed by atoms with Gasteiger partial charge in [-0.2, -0.15) is 0 Å². The fraction of sp³-hybridized carbons (Fsp3) is 0.909. The van der Waals surface area contributed by atoms with Crippen molar-refractivity contribution in [1.29, 1.82) is 0 Å². The predicted octanol–water partition coefficient (Wildman–Crippen LogP) is 1.15. The topological polar surface area (TPSA) is 41.1 Å². The van der Waals surface area contributed by atoms with E-state index in [0.29, 0.717) is 6.04 Å². The Morgan fingerprint density at radius 1 is 1.36 bits per heavy atom. The van der Waals surface area contributed by atoms with Crippen LogP contribution in [0.25, 0.3) is 0 Å². The zero-order valence-electron chi connectivity index (χ0n) is 9.47. The molecule has 0 aromatic carbocycles. The molecular formula is C11H22N2O. The Kier molecular flexibility index (Phi) is 4.39. The number of carbonyl (C=O) groups excluding carboxylic acids is 1. The third-order valence-corrected chi connectivity index (χ3v) is 2.72. The van der Waals surface area contributed by atoms with E-state index >= 15 is 0 Å². The lowest BCUT2D eigenvalue weighted by Gasteiger charge is -2.27. The molecule has 1 saturated heterocycles. The van der Waals surface area contributed by atoms with Crippen LogP contribution in [-0.4, -0.2) is 25.0 Å². The largest absolute Gasteiger partial charge is 0.353 e. The molecule has 1 amide bonds. The van der Waals surface area contributed by atoms with Crippen LogP contribution in [0.15, 0.2) is 0 Å². The van der Waals surface area contributed by atoms with Gasteiger partial charge in [0, 0.05) is 19.1 Å². The molecule has 0 radical (unpaired) electrons. The molecule has 1 heterocycles. The Balaban J connectivity index is 2.12. The predicted molar refractivity (Wildman–Crippen MR) is 58.0 cm³/mol. The van der Waals surface area contributed by atoms with E-state index in [1.165, 1.54) is 6.42 Å². The van der Waals surface area contributed by atoms with E-state index in [4.69, 9.17) is 0 Å². The summed E-state index contributed by atoms with van der Waals surface area (Å²) in [5, 5.41) is 6.16. The summed E-state index contributed by atoms with van der Waals surface area (Å²) in [5.74, 6) is 1.16. The molecule has 1 rings (SSSR count). The van der Waals surface area contributed by atoms with Gasteiger partial charge in [0.05, 0.1) is 5.92 Å². The normalized spacial score (nSPS) is 19.1. The molecule has 1 atom stereocenters. The summed E-state index contributed by atoms with van der Waals surface area (Å²) in [4.78, 5) is 11.5. The Bertz CT molecular complexity index is 188. The Morgan fingerprint density at radius 3 is 2.43 bits per heavy atom. The first-order valence-electron chi connectivity index (χ1n) is 5.60. The molecule has 3 nitrogen and oxygen atoms in total. The molecule has 0 aromatic rings. The van der Waals surface area contributed by atoms with E-state index in [0.717, 1.165) is 25.4 Å². The number of hydrogen-bond acceptors (Lipinski definition) is 2. The van der Waals surface area contributed by atoms with Gasteiger partial charge in [0.1, 0.15) is 0 Å². The van der Waals surface area contributed by atoms with E-state index in [9.17, 15) is 4.79 Å². The number of nitrogens with one attached hydrogen (secondary N) is 2. The Hall–Kier alpha value is -0.570. The van der Waals surface area contributed by atoms with Crippen LogP contribution in [0, 0.1) is 11.8 Å². The molecule has 0 aromatic heterocycles. The molecule has 0 bridgehead atoms. The molecule has 1 fully saturated rings. The minimum Gasteiger partial charge on any atom is -0.353 e. The fourth-order valence-electron chi connectivity index (χ4n) is 1.49. The molecular weight excluding hydrogens is 176 g/mol. The van der Waals surface area contributed by atoms with Crippen molar-refractivity contribution in [3.8, 4) is 0 Å². The molecule has 1 unspecified atom stereocenters. The quantitative estimate of drug-likeness (QED) is 0.695. The molecule has 1 aliphatic heterocycles. The SMILES string of the molecule is CC(C)CCC(C)NC(=O)C1CNC1. The van der Waals surface area contributed by atoms with Crippen LogP contribution < -0.4 is 10.6 Å². The van der Waals surface area contributed by atoms with Gasteiger partial charge in [-0.15, -0.1) is 0 Å². The van der Waals surface area contributed by atoms with Crippen molar-refractivity contribution in [2.45, 2.75) is 39.7 Å². The highest BCUT2D eigenvalue weighted by Crippen LogP contribution is 2.08. The summed E-state index contributed by atoms with van der Waals surface area (Å²) >= 11 is 0. The lowest BCUT2D eigenvalue weighted by atomic mass is 10.0. The first-order chi connectivity index (χ1) is 6.59.